The molecule has 0 aliphatic carbocycles. The van der Waals surface area contributed by atoms with Crippen molar-refractivity contribution in [1.29, 1.82) is 0 Å². The van der Waals surface area contributed by atoms with Crippen LogP contribution in [0.5, 0.6) is 0 Å². The molecule has 2 rings (SSSR count). The van der Waals surface area contributed by atoms with E-state index < -0.39 is 0 Å². The molecule has 1 aromatic heterocycles. The smallest absolute Gasteiger partial charge is 0.253 e. The third-order valence-electron chi connectivity index (χ3n) is 2.88. The van der Waals surface area contributed by atoms with Gasteiger partial charge < -0.3 is 9.88 Å². The van der Waals surface area contributed by atoms with Gasteiger partial charge in [0.05, 0.1) is 0 Å². The molecule has 1 heterocycles. The van der Waals surface area contributed by atoms with Crippen molar-refractivity contribution >= 4 is 21.8 Å². The Morgan fingerprint density at radius 1 is 1.30 bits per heavy atom. The molecular weight excluding hydrogens is 320 g/mol. The van der Waals surface area contributed by atoms with Crippen molar-refractivity contribution in [2.24, 2.45) is 0 Å². The summed E-state index contributed by atoms with van der Waals surface area (Å²) in [7, 11) is 0. The highest BCUT2D eigenvalue weighted by Gasteiger charge is 2.07. The minimum absolute atomic E-state index is 0.0198. The zero-order valence-corrected chi connectivity index (χ0v) is 12.7. The second-order valence-electron chi connectivity index (χ2n) is 4.54. The van der Waals surface area contributed by atoms with Gasteiger partial charge in [0.1, 0.15) is 6.54 Å². The number of amides is 1. The Morgan fingerprint density at radius 2 is 2.00 bits per heavy atom. The molecule has 0 spiro atoms. The quantitative estimate of drug-likeness (QED) is 0.932. The molecule has 0 fully saturated rings. The van der Waals surface area contributed by atoms with E-state index in [9.17, 15) is 9.59 Å². The van der Waals surface area contributed by atoms with Crippen LogP contribution in [0, 0.1) is 6.92 Å². The van der Waals surface area contributed by atoms with Crippen molar-refractivity contribution in [1.82, 2.24) is 9.88 Å². The van der Waals surface area contributed by atoms with Crippen molar-refractivity contribution in [2.75, 3.05) is 0 Å². The van der Waals surface area contributed by atoms with E-state index in [4.69, 9.17) is 0 Å². The summed E-state index contributed by atoms with van der Waals surface area (Å²) in [6.07, 6.45) is 1.62. The molecule has 0 atom stereocenters. The Bertz CT molecular complexity index is 665. The van der Waals surface area contributed by atoms with Gasteiger partial charge in [-0.2, -0.15) is 0 Å². The molecule has 1 aromatic carbocycles. The number of nitrogens with zero attached hydrogens (tertiary/aromatic N) is 1. The highest BCUT2D eigenvalue weighted by Crippen LogP contribution is 2.07. The molecule has 0 saturated carbocycles. The molecule has 104 valence electrons. The maximum absolute atomic E-state index is 11.9. The lowest BCUT2D eigenvalue weighted by Gasteiger charge is -2.09. The van der Waals surface area contributed by atoms with Crippen LogP contribution in [0.1, 0.15) is 11.1 Å². The Morgan fingerprint density at radius 3 is 2.70 bits per heavy atom. The standard InChI is InChI=1S/C15H15BrN2O2/c1-11-7-13(16)9-18(15(11)20)10-14(19)17-8-12-5-3-2-4-6-12/h2-7,9H,8,10H2,1H3,(H,17,19). The Balaban J connectivity index is 2.00. The van der Waals surface area contributed by atoms with Crippen LogP contribution in [-0.2, 0) is 17.9 Å². The number of halogens is 1. The number of hydrogen-bond acceptors (Lipinski definition) is 2. The SMILES string of the molecule is Cc1cc(Br)cn(CC(=O)NCc2ccccc2)c1=O. The normalized spacial score (nSPS) is 10.3. The van der Waals surface area contributed by atoms with E-state index in [0.29, 0.717) is 12.1 Å². The molecule has 0 bridgehead atoms. The van der Waals surface area contributed by atoms with Crippen LogP contribution in [0.25, 0.3) is 0 Å². The number of hydrogen-bond donors (Lipinski definition) is 1. The molecule has 1 N–H and O–H groups in total. The van der Waals surface area contributed by atoms with E-state index >= 15 is 0 Å². The van der Waals surface area contributed by atoms with Gasteiger partial charge in [0.2, 0.25) is 5.91 Å². The lowest BCUT2D eigenvalue weighted by molar-refractivity contribution is -0.121. The van der Waals surface area contributed by atoms with Gasteiger partial charge >= 0.3 is 0 Å². The van der Waals surface area contributed by atoms with Gasteiger partial charge in [-0.25, -0.2) is 0 Å². The van der Waals surface area contributed by atoms with Gasteiger partial charge in [-0.15, -0.1) is 0 Å². The Kier molecular flexibility index (Phi) is 4.74. The van der Waals surface area contributed by atoms with Crippen LogP contribution in [0.15, 0.2) is 51.9 Å². The van der Waals surface area contributed by atoms with E-state index in [-0.39, 0.29) is 18.0 Å². The maximum atomic E-state index is 11.9. The van der Waals surface area contributed by atoms with Gasteiger partial charge in [-0.05, 0) is 34.5 Å². The molecule has 4 nitrogen and oxygen atoms in total. The maximum Gasteiger partial charge on any atom is 0.253 e. The first-order valence-corrected chi connectivity index (χ1v) is 7.03. The number of rotatable bonds is 4. The molecular formula is C15H15BrN2O2. The first-order valence-electron chi connectivity index (χ1n) is 6.23. The predicted molar refractivity (Wildman–Crippen MR) is 81.4 cm³/mol. The van der Waals surface area contributed by atoms with Crippen molar-refractivity contribution in [2.45, 2.75) is 20.0 Å². The van der Waals surface area contributed by atoms with Gasteiger partial charge in [-0.1, -0.05) is 30.3 Å². The number of benzene rings is 1. The number of carbonyl (C=O) groups excluding carboxylic acids is 1. The number of aromatic nitrogens is 1. The first-order chi connectivity index (χ1) is 9.56. The van der Waals surface area contributed by atoms with E-state index in [1.165, 1.54) is 4.57 Å². The summed E-state index contributed by atoms with van der Waals surface area (Å²) in [6.45, 7) is 2.21. The number of pyridine rings is 1. The lowest BCUT2D eigenvalue weighted by Crippen LogP contribution is -2.32. The summed E-state index contributed by atoms with van der Waals surface area (Å²) in [6, 6.07) is 11.4. The Hall–Kier alpha value is -1.88. The average molecular weight is 335 g/mol. The van der Waals surface area contributed by atoms with Crippen molar-refractivity contribution in [3.8, 4) is 0 Å². The van der Waals surface area contributed by atoms with Gasteiger partial charge in [-0.3, -0.25) is 9.59 Å². The van der Waals surface area contributed by atoms with E-state index in [1.54, 1.807) is 19.2 Å². The molecule has 5 heteroatoms. The molecule has 2 aromatic rings. The molecule has 0 radical (unpaired) electrons. The summed E-state index contributed by atoms with van der Waals surface area (Å²) >= 11 is 3.32. The average Bonchev–Trinajstić information content (AvgIpc) is 2.43. The lowest BCUT2D eigenvalue weighted by atomic mass is 10.2. The van der Waals surface area contributed by atoms with Crippen molar-refractivity contribution < 1.29 is 4.79 Å². The summed E-state index contributed by atoms with van der Waals surface area (Å²) < 4.78 is 2.19. The minimum atomic E-state index is -0.187. The van der Waals surface area contributed by atoms with Gasteiger partial charge in [0.15, 0.2) is 0 Å². The molecule has 0 aliphatic rings. The van der Waals surface area contributed by atoms with Crippen LogP contribution < -0.4 is 10.9 Å². The summed E-state index contributed by atoms with van der Waals surface area (Å²) in [5.74, 6) is -0.187. The summed E-state index contributed by atoms with van der Waals surface area (Å²) in [5, 5.41) is 2.80. The van der Waals surface area contributed by atoms with Crippen molar-refractivity contribution in [3.05, 3.63) is 68.5 Å². The highest BCUT2D eigenvalue weighted by molar-refractivity contribution is 9.10. The zero-order valence-electron chi connectivity index (χ0n) is 11.1. The fraction of sp³-hybridized carbons (Fsp3) is 0.200. The second kappa shape index (κ2) is 6.52. The molecule has 0 saturated heterocycles. The van der Waals surface area contributed by atoms with E-state index in [1.807, 2.05) is 30.3 Å². The third-order valence-corrected chi connectivity index (χ3v) is 3.31. The summed E-state index contributed by atoms with van der Waals surface area (Å²) in [4.78, 5) is 23.8. The first kappa shape index (κ1) is 14.5. The van der Waals surface area contributed by atoms with Crippen molar-refractivity contribution in [3.63, 3.8) is 0 Å². The predicted octanol–water partition coefficient (Wildman–Crippen LogP) is 2.24. The fourth-order valence-electron chi connectivity index (χ4n) is 1.86. The second-order valence-corrected chi connectivity index (χ2v) is 5.45. The molecule has 20 heavy (non-hydrogen) atoms. The largest absolute Gasteiger partial charge is 0.350 e. The Labute approximate surface area is 125 Å². The van der Waals surface area contributed by atoms with Crippen LogP contribution in [-0.4, -0.2) is 10.5 Å². The van der Waals surface area contributed by atoms with Crippen LogP contribution in [0.3, 0.4) is 0 Å². The molecule has 1 amide bonds. The van der Waals surface area contributed by atoms with Crippen LogP contribution >= 0.6 is 15.9 Å². The zero-order chi connectivity index (χ0) is 14.5. The van der Waals surface area contributed by atoms with Crippen LogP contribution in [0.2, 0.25) is 0 Å². The number of nitrogens with one attached hydrogen (secondary N) is 1. The number of carbonyl (C=O) groups is 1. The van der Waals surface area contributed by atoms with Gasteiger partial charge in [0, 0.05) is 22.8 Å². The third kappa shape index (κ3) is 3.81. The van der Waals surface area contributed by atoms with E-state index in [2.05, 4.69) is 21.2 Å². The topological polar surface area (TPSA) is 51.1 Å². The molecule has 0 aliphatic heterocycles. The minimum Gasteiger partial charge on any atom is -0.350 e. The van der Waals surface area contributed by atoms with E-state index in [0.717, 1.165) is 10.0 Å². The van der Waals surface area contributed by atoms with Gasteiger partial charge in [0.25, 0.3) is 5.56 Å². The summed E-state index contributed by atoms with van der Waals surface area (Å²) in [5.41, 5.74) is 1.48. The highest BCUT2D eigenvalue weighted by atomic mass is 79.9. The fourth-order valence-corrected chi connectivity index (χ4v) is 2.45. The monoisotopic (exact) mass is 334 g/mol. The number of aryl methyl sites for hydroxylation is 1. The molecule has 0 unspecified atom stereocenters. The van der Waals surface area contributed by atoms with Crippen LogP contribution in [0.4, 0.5) is 0 Å².